The Labute approximate surface area is 556 Å². The Hall–Kier alpha value is -1.94. The van der Waals surface area contributed by atoms with E-state index in [-0.39, 0.29) is 25.7 Å². The number of phosphoric acid groups is 2. The molecule has 0 bridgehead atoms. The lowest BCUT2D eigenvalue weighted by atomic mass is 9.99. The molecular weight excluding hydrogens is 1200 g/mol. The molecule has 0 amide bonds. The maximum absolute atomic E-state index is 13.0. The van der Waals surface area contributed by atoms with Crippen molar-refractivity contribution in [3.8, 4) is 0 Å². The van der Waals surface area contributed by atoms with Gasteiger partial charge in [-0.05, 0) is 49.4 Å². The summed E-state index contributed by atoms with van der Waals surface area (Å²) in [4.78, 5) is 72.6. The molecule has 3 N–H and O–H groups in total. The highest BCUT2D eigenvalue weighted by molar-refractivity contribution is 7.47. The van der Waals surface area contributed by atoms with E-state index in [9.17, 15) is 43.2 Å². The van der Waals surface area contributed by atoms with E-state index in [1.807, 2.05) is 0 Å². The van der Waals surface area contributed by atoms with Crippen LogP contribution in [0.1, 0.15) is 357 Å². The SMILES string of the molecule is CCC(C)CCCCCCCCCCC(=O)OC[C@H](COP(=O)(O)OC[C@@H](O)COP(=O)(O)OC[C@@H](COC(=O)CCCCCCCCC(C)C)OC(=O)CCCCCCCCCCCCC(C)C)OC(=O)CCCCCCCCCCCCCCCCC(C)C. The molecule has 0 saturated carbocycles. The van der Waals surface area contributed by atoms with Gasteiger partial charge in [-0.15, -0.1) is 0 Å². The van der Waals surface area contributed by atoms with Crippen LogP contribution in [0.3, 0.4) is 0 Å². The van der Waals surface area contributed by atoms with Gasteiger partial charge in [0.05, 0.1) is 26.4 Å². The largest absolute Gasteiger partial charge is 0.472 e. The molecule has 6 atom stereocenters. The van der Waals surface area contributed by atoms with E-state index < -0.39 is 97.5 Å². The summed E-state index contributed by atoms with van der Waals surface area (Å²) in [6.07, 6.45) is 44.5. The van der Waals surface area contributed by atoms with E-state index in [0.717, 1.165) is 114 Å². The number of hydrogen-bond acceptors (Lipinski definition) is 15. The zero-order chi connectivity index (χ0) is 67.5. The van der Waals surface area contributed by atoms with Crippen LogP contribution in [0.15, 0.2) is 0 Å². The smallest absolute Gasteiger partial charge is 0.462 e. The lowest BCUT2D eigenvalue weighted by molar-refractivity contribution is -0.161. The second-order valence-corrected chi connectivity index (χ2v) is 30.6. The molecule has 0 aliphatic carbocycles. The molecule has 0 saturated heterocycles. The Bertz CT molecular complexity index is 1800. The van der Waals surface area contributed by atoms with Crippen LogP contribution in [0.5, 0.6) is 0 Å². The Morgan fingerprint density at radius 2 is 0.527 bits per heavy atom. The fourth-order valence-corrected chi connectivity index (χ4v) is 12.4. The molecule has 3 unspecified atom stereocenters. The van der Waals surface area contributed by atoms with Gasteiger partial charge in [-0.1, -0.05) is 306 Å². The van der Waals surface area contributed by atoms with Crippen molar-refractivity contribution >= 4 is 39.5 Å². The maximum atomic E-state index is 13.0. The van der Waals surface area contributed by atoms with Crippen LogP contribution < -0.4 is 0 Å². The first kappa shape index (κ1) is 89.1. The molecule has 0 fully saturated rings. The zero-order valence-electron chi connectivity index (χ0n) is 59.5. The fraction of sp³-hybridized carbons (Fsp3) is 0.944. The Balaban J connectivity index is 5.24. The van der Waals surface area contributed by atoms with Crippen LogP contribution in [0.4, 0.5) is 0 Å². The molecule has 0 spiro atoms. The molecule has 91 heavy (non-hydrogen) atoms. The molecule has 0 aliphatic heterocycles. The first-order valence-corrected chi connectivity index (χ1v) is 40.2. The number of carbonyl (C=O) groups excluding carboxylic acids is 4. The molecule has 0 heterocycles. The van der Waals surface area contributed by atoms with Gasteiger partial charge in [0.2, 0.25) is 0 Å². The van der Waals surface area contributed by atoms with Gasteiger partial charge in [-0.25, -0.2) is 9.13 Å². The highest BCUT2D eigenvalue weighted by atomic mass is 31.2. The van der Waals surface area contributed by atoms with Crippen LogP contribution >= 0.6 is 15.6 Å². The average Bonchev–Trinajstić information content (AvgIpc) is 3.43. The van der Waals surface area contributed by atoms with Crippen molar-refractivity contribution in [2.24, 2.45) is 23.7 Å². The summed E-state index contributed by atoms with van der Waals surface area (Å²) in [7, 11) is -9.91. The monoisotopic (exact) mass is 1340 g/mol. The van der Waals surface area contributed by atoms with Crippen molar-refractivity contribution in [1.82, 2.24) is 0 Å². The number of aliphatic hydroxyl groups is 1. The molecule has 0 aliphatic rings. The van der Waals surface area contributed by atoms with Crippen LogP contribution in [0, 0.1) is 23.7 Å². The van der Waals surface area contributed by atoms with E-state index in [4.69, 9.17) is 37.0 Å². The quantitative estimate of drug-likeness (QED) is 0.0222. The average molecular weight is 1340 g/mol. The standard InChI is InChI=1S/C72H140O17P2/c1-9-65(8)51-43-35-26-22-23-27-36-44-52-69(74)82-58-67(88-71(76)54-46-38-28-20-15-13-11-10-12-14-18-24-32-40-48-62(2)3)60-86-90(78,79)84-56-66(73)57-85-91(80,81)87-61-68(59-83-70(75)53-45-37-31-30-34-42-50-64(6)7)89-72(77)55-47-39-29-21-17-16-19-25-33-41-49-63(4)5/h62-68,73H,9-61H2,1-8H3,(H,78,79)(H,80,81)/t65?,66-,67-,68-/m1/s1. The third-order valence-electron chi connectivity index (χ3n) is 16.9. The molecule has 0 aromatic carbocycles. The Morgan fingerprint density at radius 1 is 0.308 bits per heavy atom. The van der Waals surface area contributed by atoms with Crippen LogP contribution in [0.2, 0.25) is 0 Å². The first-order chi connectivity index (χ1) is 43.6. The van der Waals surface area contributed by atoms with Crippen molar-refractivity contribution in [3.05, 3.63) is 0 Å². The zero-order valence-corrected chi connectivity index (χ0v) is 61.3. The summed E-state index contributed by atoms with van der Waals surface area (Å²) in [5.74, 6) is 0.876. The van der Waals surface area contributed by atoms with Crippen LogP contribution in [-0.4, -0.2) is 96.7 Å². The fourth-order valence-electron chi connectivity index (χ4n) is 10.8. The summed E-state index contributed by atoms with van der Waals surface area (Å²) in [6.45, 7) is 14.1. The molecule has 19 heteroatoms. The lowest BCUT2D eigenvalue weighted by Gasteiger charge is -2.21. The highest BCUT2D eigenvalue weighted by Crippen LogP contribution is 2.45. The molecule has 0 rings (SSSR count). The minimum Gasteiger partial charge on any atom is -0.462 e. The minimum atomic E-state index is -4.95. The first-order valence-electron chi connectivity index (χ1n) is 37.2. The number of aliphatic hydroxyl groups excluding tert-OH is 1. The van der Waals surface area contributed by atoms with Gasteiger partial charge in [0.15, 0.2) is 12.2 Å². The Morgan fingerprint density at radius 3 is 0.780 bits per heavy atom. The van der Waals surface area contributed by atoms with Crippen molar-refractivity contribution in [2.75, 3.05) is 39.6 Å². The second-order valence-electron chi connectivity index (χ2n) is 27.6. The Kier molecular flexibility index (Phi) is 60.3. The van der Waals surface area contributed by atoms with Gasteiger partial charge >= 0.3 is 39.5 Å². The van der Waals surface area contributed by atoms with Gasteiger partial charge in [0.25, 0.3) is 0 Å². The lowest BCUT2D eigenvalue weighted by Crippen LogP contribution is -2.30. The highest BCUT2D eigenvalue weighted by Gasteiger charge is 2.30. The summed E-state index contributed by atoms with van der Waals surface area (Å²) >= 11 is 0. The van der Waals surface area contributed by atoms with Crippen LogP contribution in [-0.2, 0) is 65.4 Å². The second kappa shape index (κ2) is 61.6. The minimum absolute atomic E-state index is 0.104. The van der Waals surface area contributed by atoms with Crippen molar-refractivity contribution < 1.29 is 80.2 Å². The van der Waals surface area contributed by atoms with Gasteiger partial charge in [0.1, 0.15) is 19.3 Å². The number of hydrogen-bond donors (Lipinski definition) is 3. The summed E-state index contributed by atoms with van der Waals surface area (Å²) in [5, 5.41) is 10.6. The van der Waals surface area contributed by atoms with Crippen molar-refractivity contribution in [1.29, 1.82) is 0 Å². The summed E-state index contributed by atoms with van der Waals surface area (Å²) in [5.41, 5.74) is 0. The van der Waals surface area contributed by atoms with Crippen molar-refractivity contribution in [3.63, 3.8) is 0 Å². The predicted molar refractivity (Wildman–Crippen MR) is 367 cm³/mol. The van der Waals surface area contributed by atoms with Gasteiger partial charge in [-0.3, -0.25) is 37.3 Å². The number of rotatable bonds is 69. The number of ether oxygens (including phenoxy) is 4. The molecule has 17 nitrogen and oxygen atoms in total. The molecular formula is C72H140O17P2. The third-order valence-corrected chi connectivity index (χ3v) is 18.8. The van der Waals surface area contributed by atoms with E-state index in [1.54, 1.807) is 0 Å². The van der Waals surface area contributed by atoms with Crippen molar-refractivity contribution in [2.45, 2.75) is 375 Å². The van der Waals surface area contributed by atoms with E-state index in [2.05, 4.69) is 55.4 Å². The number of carbonyl (C=O) groups is 4. The summed E-state index contributed by atoms with van der Waals surface area (Å²) < 4.78 is 68.3. The molecule has 0 aromatic rings. The van der Waals surface area contributed by atoms with E-state index in [0.29, 0.717) is 31.6 Å². The van der Waals surface area contributed by atoms with E-state index >= 15 is 0 Å². The van der Waals surface area contributed by atoms with Gasteiger partial charge in [0, 0.05) is 25.7 Å². The normalized spacial score (nSPS) is 14.5. The molecule has 0 radical (unpaired) electrons. The van der Waals surface area contributed by atoms with Gasteiger partial charge < -0.3 is 33.8 Å². The summed E-state index contributed by atoms with van der Waals surface area (Å²) in [6, 6.07) is 0. The number of phosphoric ester groups is 2. The maximum Gasteiger partial charge on any atom is 0.472 e. The third kappa shape index (κ3) is 65.1. The topological polar surface area (TPSA) is 237 Å². The van der Waals surface area contributed by atoms with Gasteiger partial charge in [-0.2, -0.15) is 0 Å². The molecule has 0 aromatic heterocycles. The van der Waals surface area contributed by atoms with E-state index in [1.165, 1.54) is 154 Å². The molecule has 540 valence electrons. The van der Waals surface area contributed by atoms with Crippen LogP contribution in [0.25, 0.3) is 0 Å². The number of esters is 4. The number of unbranched alkanes of at least 4 members (excludes halogenated alkanes) is 34. The predicted octanol–water partition coefficient (Wildman–Crippen LogP) is 20.5.